The lowest BCUT2D eigenvalue weighted by Gasteiger charge is -2.69. The summed E-state index contributed by atoms with van der Waals surface area (Å²) in [5.41, 5.74) is -8.66. The van der Waals surface area contributed by atoms with Gasteiger partial charge in [0.15, 0.2) is 17.1 Å². The number of hydrogen-bond donors (Lipinski definition) is 15. The van der Waals surface area contributed by atoms with Gasteiger partial charge in [0.2, 0.25) is 0 Å². The number of nitrogens with zero attached hydrogens (tertiary/aromatic N) is 3. The molecule has 206 valence electrons. The van der Waals surface area contributed by atoms with E-state index in [-0.39, 0.29) is 15.6 Å². The first-order valence-corrected chi connectivity index (χ1v) is 10.3. The highest BCUT2D eigenvalue weighted by Gasteiger charge is 2.88. The third-order valence-electron chi connectivity index (χ3n) is 6.61. The Bertz CT molecular complexity index is 1210. The van der Waals surface area contributed by atoms with Crippen LogP contribution in [-0.2, 0) is 6.10 Å². The standard InChI is InChI=1S/C18H24N4O15/c23-11(10-8-3-1-2-4-9(8)21(20-10)17(32,33)34)19-7-5-12(24)14(26,27)16(30,31)15(28,29)13(25,6-7)22(12)18(35,36)37/h1-4,7,24-37H,5-6H2,(H,19,23). The normalized spacial score (nSPS) is 31.4. The van der Waals surface area contributed by atoms with Crippen molar-refractivity contribution < 1.29 is 76.3 Å². The van der Waals surface area contributed by atoms with Gasteiger partial charge in [0.1, 0.15) is 0 Å². The topological polar surface area (TPSA) is 333 Å². The van der Waals surface area contributed by atoms with Crippen LogP contribution >= 0.6 is 0 Å². The first-order valence-electron chi connectivity index (χ1n) is 10.3. The Morgan fingerprint density at radius 1 is 0.811 bits per heavy atom. The number of carbonyl (C=O) groups excluding carboxylic acids is 1. The van der Waals surface area contributed by atoms with E-state index in [1.807, 2.05) is 0 Å². The number of rotatable bonds is 4. The Hall–Kier alpha value is -2.44. The average Bonchev–Trinajstić information content (AvgIpc) is 3.11. The first-order chi connectivity index (χ1) is 16.5. The Morgan fingerprint density at radius 2 is 1.30 bits per heavy atom. The van der Waals surface area contributed by atoms with Crippen molar-refractivity contribution in [3.8, 4) is 0 Å². The summed E-state index contributed by atoms with van der Waals surface area (Å²) in [4.78, 5) is 12.2. The second-order valence-electron chi connectivity index (χ2n) is 9.04. The molecule has 2 aromatic rings. The Balaban J connectivity index is 1.80. The van der Waals surface area contributed by atoms with Crippen LogP contribution < -0.4 is 5.32 Å². The molecular formula is C18H24N4O15. The van der Waals surface area contributed by atoms with E-state index in [4.69, 9.17) is 0 Å². The Labute approximate surface area is 203 Å². The maximum absolute atomic E-state index is 13.0. The molecule has 2 unspecified atom stereocenters. The molecule has 0 aliphatic carbocycles. The predicted molar refractivity (Wildman–Crippen MR) is 107 cm³/mol. The van der Waals surface area contributed by atoms with Gasteiger partial charge < -0.3 is 76.8 Å². The van der Waals surface area contributed by atoms with Gasteiger partial charge in [0.05, 0.1) is 5.52 Å². The molecule has 0 saturated carbocycles. The summed E-state index contributed by atoms with van der Waals surface area (Å²) in [7, 11) is 0. The fourth-order valence-electron chi connectivity index (χ4n) is 4.96. The van der Waals surface area contributed by atoms with E-state index >= 15 is 0 Å². The maximum atomic E-state index is 13.0. The number of benzene rings is 1. The molecule has 37 heavy (non-hydrogen) atoms. The van der Waals surface area contributed by atoms with Crippen molar-refractivity contribution in [2.75, 3.05) is 0 Å². The van der Waals surface area contributed by atoms with E-state index in [0.29, 0.717) is 0 Å². The minimum atomic E-state index is -4.61. The number of nitrogens with one attached hydrogen (secondary N) is 1. The van der Waals surface area contributed by atoms with Gasteiger partial charge in [0, 0.05) is 24.3 Å². The van der Waals surface area contributed by atoms with E-state index in [9.17, 15) is 76.3 Å². The van der Waals surface area contributed by atoms with Crippen molar-refractivity contribution in [3.05, 3.63) is 30.0 Å². The van der Waals surface area contributed by atoms with Crippen LogP contribution in [0.3, 0.4) is 0 Å². The number of carbonyl (C=O) groups is 1. The summed E-state index contributed by atoms with van der Waals surface area (Å²) in [6, 6.07) is 3.46. The lowest BCUT2D eigenvalue weighted by molar-refractivity contribution is -0.618. The second kappa shape index (κ2) is 7.57. The SMILES string of the molecule is O=C(NC1CC2(O)N(C(O)(O)O)C(O)(C1)C(O)(O)C(O)(O)C2(O)O)c1nn(C(O)(O)O)c2ccccc12. The predicted octanol–water partition coefficient (Wildman–Crippen LogP) is -8.20. The van der Waals surface area contributed by atoms with E-state index < -0.39 is 76.4 Å². The number of para-hydroxylation sites is 1. The monoisotopic (exact) mass is 536 g/mol. The highest BCUT2D eigenvalue weighted by Crippen LogP contribution is 2.58. The van der Waals surface area contributed by atoms with Gasteiger partial charge in [-0.3, -0.25) is 4.79 Å². The van der Waals surface area contributed by atoms with E-state index in [2.05, 4.69) is 10.4 Å². The number of fused-ring (bicyclic) bond motifs is 3. The molecule has 19 nitrogen and oxygen atoms in total. The molecule has 0 spiro atoms. The first kappa shape index (κ1) is 27.6. The van der Waals surface area contributed by atoms with Crippen molar-refractivity contribution in [2.24, 2.45) is 0 Å². The summed E-state index contributed by atoms with van der Waals surface area (Å²) in [5.74, 6) is -15.0. The molecule has 2 atom stereocenters. The molecule has 0 radical (unpaired) electrons. The van der Waals surface area contributed by atoms with Gasteiger partial charge in [-0.05, 0) is 6.07 Å². The molecule has 1 aromatic carbocycles. The summed E-state index contributed by atoms with van der Waals surface area (Å²) in [6.45, 7) is 0. The van der Waals surface area contributed by atoms with E-state index in [1.165, 1.54) is 24.3 Å². The van der Waals surface area contributed by atoms with Gasteiger partial charge in [0.25, 0.3) is 23.3 Å². The summed E-state index contributed by atoms with van der Waals surface area (Å²) in [6.07, 6.45) is -10.7. The van der Waals surface area contributed by atoms with Crippen LogP contribution in [0.15, 0.2) is 24.3 Å². The molecule has 1 aromatic heterocycles. The summed E-state index contributed by atoms with van der Waals surface area (Å²) >= 11 is 0. The van der Waals surface area contributed by atoms with Crippen molar-refractivity contribution in [1.29, 1.82) is 0 Å². The minimum Gasteiger partial charge on any atom is -0.370 e. The molecule has 4 rings (SSSR count). The lowest BCUT2D eigenvalue weighted by atomic mass is 9.66. The Kier molecular flexibility index (Phi) is 5.64. The fourth-order valence-corrected chi connectivity index (χ4v) is 4.96. The van der Waals surface area contributed by atoms with Gasteiger partial charge >= 0.3 is 12.2 Å². The smallest absolute Gasteiger partial charge is 0.370 e. The molecule has 3 heterocycles. The van der Waals surface area contributed by atoms with Crippen LogP contribution in [0.25, 0.3) is 10.9 Å². The van der Waals surface area contributed by atoms with Crippen LogP contribution in [0, 0.1) is 0 Å². The molecule has 2 aliphatic rings. The maximum Gasteiger partial charge on any atom is 0.389 e. The van der Waals surface area contributed by atoms with Crippen molar-refractivity contribution in [1.82, 2.24) is 20.0 Å². The number of piperidine rings is 2. The number of amides is 1. The number of aliphatic hydroxyl groups is 14. The fraction of sp³-hybridized carbons (Fsp3) is 0.556. The van der Waals surface area contributed by atoms with Gasteiger partial charge in [-0.1, -0.05) is 18.2 Å². The summed E-state index contributed by atoms with van der Waals surface area (Å²) < 4.78 is 0.234. The van der Waals surface area contributed by atoms with Gasteiger partial charge in [-0.2, -0.15) is 14.7 Å². The van der Waals surface area contributed by atoms with Crippen molar-refractivity contribution in [2.45, 2.75) is 59.9 Å². The average molecular weight is 536 g/mol. The van der Waals surface area contributed by atoms with Crippen LogP contribution in [-0.4, -0.2) is 133 Å². The van der Waals surface area contributed by atoms with Gasteiger partial charge in [-0.25, -0.2) is 0 Å². The van der Waals surface area contributed by atoms with Crippen LogP contribution in [0.4, 0.5) is 0 Å². The zero-order valence-corrected chi connectivity index (χ0v) is 18.3. The lowest BCUT2D eigenvalue weighted by Crippen LogP contribution is -2.97. The summed E-state index contributed by atoms with van der Waals surface area (Å²) in [5, 5.41) is 147. The zero-order valence-electron chi connectivity index (χ0n) is 18.3. The zero-order chi connectivity index (χ0) is 28.2. The quantitative estimate of drug-likeness (QED) is 0.161. The molecule has 2 aliphatic heterocycles. The van der Waals surface area contributed by atoms with E-state index in [1.54, 1.807) is 0 Å². The second-order valence-corrected chi connectivity index (χ2v) is 9.04. The minimum absolute atomic E-state index is 0.0845. The van der Waals surface area contributed by atoms with Crippen molar-refractivity contribution in [3.63, 3.8) is 0 Å². The molecule has 15 N–H and O–H groups in total. The largest absolute Gasteiger partial charge is 0.389 e. The molecular weight excluding hydrogens is 512 g/mol. The molecule has 19 heteroatoms. The van der Waals surface area contributed by atoms with Crippen molar-refractivity contribution >= 4 is 16.8 Å². The van der Waals surface area contributed by atoms with Crippen LogP contribution in [0.1, 0.15) is 23.3 Å². The van der Waals surface area contributed by atoms with Crippen LogP contribution in [0.2, 0.25) is 0 Å². The molecule has 1 amide bonds. The molecule has 2 fully saturated rings. The third kappa shape index (κ3) is 3.44. The van der Waals surface area contributed by atoms with Crippen LogP contribution in [0.5, 0.6) is 0 Å². The number of hydrogen-bond acceptors (Lipinski definition) is 17. The highest BCUT2D eigenvalue weighted by molar-refractivity contribution is 6.05. The Morgan fingerprint density at radius 3 is 1.76 bits per heavy atom. The highest BCUT2D eigenvalue weighted by atomic mass is 16.7. The third-order valence-corrected chi connectivity index (χ3v) is 6.61. The van der Waals surface area contributed by atoms with Gasteiger partial charge in [-0.15, -0.1) is 0 Å². The molecule has 2 saturated heterocycles. The molecule has 2 bridgehead atoms. The van der Waals surface area contributed by atoms with E-state index in [0.717, 1.165) is 0 Å². The number of aromatic nitrogens is 2.